The van der Waals surface area contributed by atoms with Gasteiger partial charge in [-0.1, -0.05) is 22.9 Å². The predicted molar refractivity (Wildman–Crippen MR) is 76.4 cm³/mol. The molecule has 4 nitrogen and oxygen atoms in total. The van der Waals surface area contributed by atoms with E-state index in [1.165, 1.54) is 12.1 Å². The predicted octanol–water partition coefficient (Wildman–Crippen LogP) is 2.63. The van der Waals surface area contributed by atoms with Crippen LogP contribution in [0.15, 0.2) is 22.7 Å². The lowest BCUT2D eigenvalue weighted by Gasteiger charge is -2.10. The molecule has 0 spiro atoms. The van der Waals surface area contributed by atoms with E-state index < -0.39 is 5.97 Å². The summed E-state index contributed by atoms with van der Waals surface area (Å²) in [6.45, 7) is 2.56. The van der Waals surface area contributed by atoms with Gasteiger partial charge in [-0.3, -0.25) is 4.79 Å². The quantitative estimate of drug-likeness (QED) is 0.870. The minimum atomic E-state index is -1.05. The molecule has 1 unspecified atom stereocenters. The molecule has 1 aromatic rings. The third kappa shape index (κ3) is 4.34. The van der Waals surface area contributed by atoms with Gasteiger partial charge in [0, 0.05) is 21.8 Å². The first-order chi connectivity index (χ1) is 8.43. The largest absolute Gasteiger partial charge is 0.478 e. The highest BCUT2D eigenvalue weighted by Gasteiger charge is 2.12. The Labute approximate surface area is 118 Å². The fourth-order valence-corrected chi connectivity index (χ4v) is 2.01. The van der Waals surface area contributed by atoms with Crippen LogP contribution in [0.4, 0.5) is 0 Å². The van der Waals surface area contributed by atoms with Crippen LogP contribution in [0.25, 0.3) is 0 Å². The lowest BCUT2D eigenvalue weighted by Crippen LogP contribution is -2.29. The van der Waals surface area contributed by atoms with Crippen molar-refractivity contribution in [3.63, 3.8) is 0 Å². The molecule has 1 atom stereocenters. The maximum absolute atomic E-state index is 11.9. The number of hydrogen-bond donors (Lipinski definition) is 2. The summed E-state index contributed by atoms with van der Waals surface area (Å²) in [7, 11) is 0. The van der Waals surface area contributed by atoms with E-state index in [0.29, 0.717) is 21.8 Å². The molecule has 0 aliphatic carbocycles. The van der Waals surface area contributed by atoms with Gasteiger partial charge >= 0.3 is 5.97 Å². The smallest absolute Gasteiger partial charge is 0.335 e. The molecule has 18 heavy (non-hydrogen) atoms. The number of thioether (sulfide) groups is 1. The zero-order valence-electron chi connectivity index (χ0n) is 10.1. The Kier molecular flexibility index (Phi) is 5.68. The fraction of sp³-hybridized carbons (Fsp3) is 0.333. The molecule has 0 saturated heterocycles. The number of halogens is 1. The van der Waals surface area contributed by atoms with Gasteiger partial charge in [-0.25, -0.2) is 4.79 Å². The highest BCUT2D eigenvalue weighted by molar-refractivity contribution is 9.10. The van der Waals surface area contributed by atoms with E-state index in [1.54, 1.807) is 17.8 Å². The van der Waals surface area contributed by atoms with Crippen molar-refractivity contribution in [2.75, 3.05) is 12.8 Å². The molecule has 0 aliphatic rings. The normalized spacial score (nSPS) is 11.9. The second kappa shape index (κ2) is 6.80. The zero-order chi connectivity index (χ0) is 13.7. The lowest BCUT2D eigenvalue weighted by atomic mass is 10.1. The monoisotopic (exact) mass is 331 g/mol. The summed E-state index contributed by atoms with van der Waals surface area (Å²) in [5.41, 5.74) is 0.433. The van der Waals surface area contributed by atoms with Crippen LogP contribution < -0.4 is 5.32 Å². The lowest BCUT2D eigenvalue weighted by molar-refractivity contribution is 0.0697. The van der Waals surface area contributed by atoms with Crippen LogP contribution in [-0.2, 0) is 0 Å². The summed E-state index contributed by atoms with van der Waals surface area (Å²) in [4.78, 5) is 22.7. The number of aromatic carboxylic acids is 1. The standard InChI is InChI=1S/C12H14BrNO3S/c1-7(18-2)6-14-11(15)8-3-9(12(16)17)5-10(13)4-8/h3-5,7H,6H2,1-2H3,(H,14,15)(H,16,17). The van der Waals surface area contributed by atoms with Crippen molar-refractivity contribution < 1.29 is 14.7 Å². The summed E-state index contributed by atoms with van der Waals surface area (Å²) < 4.78 is 0.575. The van der Waals surface area contributed by atoms with Crippen molar-refractivity contribution in [1.29, 1.82) is 0 Å². The van der Waals surface area contributed by atoms with Crippen LogP contribution in [-0.4, -0.2) is 35.0 Å². The Morgan fingerprint density at radius 2 is 2.00 bits per heavy atom. The zero-order valence-corrected chi connectivity index (χ0v) is 12.5. The number of carbonyl (C=O) groups excluding carboxylic acids is 1. The third-order valence-corrected chi connectivity index (χ3v) is 3.79. The van der Waals surface area contributed by atoms with Gasteiger partial charge in [-0.2, -0.15) is 11.8 Å². The molecule has 1 amide bonds. The van der Waals surface area contributed by atoms with Gasteiger partial charge < -0.3 is 10.4 Å². The van der Waals surface area contributed by atoms with Crippen LogP contribution in [0.1, 0.15) is 27.6 Å². The molecule has 0 fully saturated rings. The first kappa shape index (κ1) is 15.0. The molecule has 2 N–H and O–H groups in total. The van der Waals surface area contributed by atoms with Crippen molar-refractivity contribution in [3.8, 4) is 0 Å². The fourth-order valence-electron chi connectivity index (χ4n) is 1.27. The molecule has 0 bridgehead atoms. The van der Waals surface area contributed by atoms with E-state index in [-0.39, 0.29) is 11.5 Å². The molecular weight excluding hydrogens is 318 g/mol. The molecule has 0 aliphatic heterocycles. The van der Waals surface area contributed by atoms with Gasteiger partial charge in [-0.05, 0) is 24.5 Å². The van der Waals surface area contributed by atoms with E-state index in [1.807, 2.05) is 13.2 Å². The van der Waals surface area contributed by atoms with Crippen molar-refractivity contribution >= 4 is 39.6 Å². The number of carbonyl (C=O) groups is 2. The molecule has 0 heterocycles. The van der Waals surface area contributed by atoms with E-state index >= 15 is 0 Å². The van der Waals surface area contributed by atoms with Crippen LogP contribution in [0.2, 0.25) is 0 Å². The molecule has 6 heteroatoms. The highest BCUT2D eigenvalue weighted by atomic mass is 79.9. The summed E-state index contributed by atoms with van der Waals surface area (Å²) in [5.74, 6) is -1.32. The second-order valence-electron chi connectivity index (χ2n) is 3.79. The third-order valence-electron chi connectivity index (χ3n) is 2.36. The Morgan fingerprint density at radius 3 is 2.56 bits per heavy atom. The summed E-state index contributed by atoms with van der Waals surface area (Å²) in [6.07, 6.45) is 1.97. The van der Waals surface area contributed by atoms with E-state index in [9.17, 15) is 9.59 Å². The number of carboxylic acids is 1. The van der Waals surface area contributed by atoms with E-state index in [4.69, 9.17) is 5.11 Å². The van der Waals surface area contributed by atoms with Crippen LogP contribution in [0.5, 0.6) is 0 Å². The Bertz CT molecular complexity index is 465. The van der Waals surface area contributed by atoms with Crippen molar-refractivity contribution in [1.82, 2.24) is 5.32 Å². The maximum atomic E-state index is 11.9. The molecule has 1 rings (SSSR count). The van der Waals surface area contributed by atoms with Gasteiger partial charge in [0.15, 0.2) is 0 Å². The first-order valence-electron chi connectivity index (χ1n) is 5.29. The van der Waals surface area contributed by atoms with Crippen molar-refractivity contribution in [3.05, 3.63) is 33.8 Å². The Morgan fingerprint density at radius 1 is 1.39 bits per heavy atom. The number of rotatable bonds is 5. The summed E-state index contributed by atoms with van der Waals surface area (Å²) >= 11 is 4.85. The molecule has 98 valence electrons. The molecule has 0 aromatic heterocycles. The minimum absolute atomic E-state index is 0.0902. The first-order valence-corrected chi connectivity index (χ1v) is 7.37. The average Bonchev–Trinajstić information content (AvgIpc) is 2.34. The molecular formula is C12H14BrNO3S. The van der Waals surface area contributed by atoms with Crippen LogP contribution in [0, 0.1) is 0 Å². The molecule has 1 aromatic carbocycles. The summed E-state index contributed by atoms with van der Waals surface area (Å²) in [6, 6.07) is 4.43. The topological polar surface area (TPSA) is 66.4 Å². The van der Waals surface area contributed by atoms with Crippen molar-refractivity contribution in [2.45, 2.75) is 12.2 Å². The van der Waals surface area contributed by atoms with Gasteiger partial charge in [-0.15, -0.1) is 0 Å². The summed E-state index contributed by atoms with van der Waals surface area (Å²) in [5, 5.41) is 12.0. The molecule has 0 radical (unpaired) electrons. The number of nitrogens with one attached hydrogen (secondary N) is 1. The van der Waals surface area contributed by atoms with Gasteiger partial charge in [0.05, 0.1) is 5.56 Å². The Balaban J connectivity index is 2.82. The number of amides is 1. The maximum Gasteiger partial charge on any atom is 0.335 e. The van der Waals surface area contributed by atoms with E-state index in [2.05, 4.69) is 21.2 Å². The van der Waals surface area contributed by atoms with Crippen LogP contribution >= 0.6 is 27.7 Å². The van der Waals surface area contributed by atoms with E-state index in [0.717, 1.165) is 0 Å². The van der Waals surface area contributed by atoms with Gasteiger partial charge in [0.1, 0.15) is 0 Å². The van der Waals surface area contributed by atoms with Crippen LogP contribution in [0.3, 0.4) is 0 Å². The number of carboxylic acid groups (broad SMARTS) is 1. The number of hydrogen-bond acceptors (Lipinski definition) is 3. The number of benzene rings is 1. The SMILES string of the molecule is CSC(C)CNC(=O)c1cc(Br)cc(C(=O)O)c1. The van der Waals surface area contributed by atoms with Crippen molar-refractivity contribution in [2.24, 2.45) is 0 Å². The van der Waals surface area contributed by atoms with Gasteiger partial charge in [0.2, 0.25) is 0 Å². The highest BCUT2D eigenvalue weighted by Crippen LogP contribution is 2.16. The minimum Gasteiger partial charge on any atom is -0.478 e. The van der Waals surface area contributed by atoms with Gasteiger partial charge in [0.25, 0.3) is 5.91 Å². The Hall–Kier alpha value is -1.01. The average molecular weight is 332 g/mol. The molecule has 0 saturated carbocycles. The second-order valence-corrected chi connectivity index (χ2v) is 5.98.